The van der Waals surface area contributed by atoms with Gasteiger partial charge in [-0.2, -0.15) is 5.10 Å². The average molecular weight is 526 g/mol. The van der Waals surface area contributed by atoms with Crippen molar-refractivity contribution in [3.05, 3.63) is 42.0 Å². The third kappa shape index (κ3) is 3.59. The fraction of sp³-hybridized carbons (Fsp3) is 0.167. The molecule has 4 N–H and O–H groups in total. The van der Waals surface area contributed by atoms with Crippen molar-refractivity contribution in [3.8, 4) is 11.1 Å². The van der Waals surface area contributed by atoms with E-state index in [-0.39, 0.29) is 11.6 Å². The van der Waals surface area contributed by atoms with E-state index >= 15 is 4.39 Å². The number of nitrogens with two attached hydrogens (primary N) is 1. The van der Waals surface area contributed by atoms with Gasteiger partial charge >= 0.3 is 0 Å². The van der Waals surface area contributed by atoms with Gasteiger partial charge in [0.2, 0.25) is 5.91 Å². The molecule has 3 heterocycles. The summed E-state index contributed by atoms with van der Waals surface area (Å²) in [6.45, 7) is 1.88. The van der Waals surface area contributed by atoms with Gasteiger partial charge in [-0.05, 0) is 35.2 Å². The van der Waals surface area contributed by atoms with E-state index in [9.17, 15) is 7.86 Å². The van der Waals surface area contributed by atoms with Crippen LogP contribution in [0.15, 0.2) is 35.5 Å². The molecule has 1 aromatic carbocycles. The van der Waals surface area contributed by atoms with Crippen LogP contribution in [0.25, 0.3) is 27.5 Å². The number of fused-ring (bicyclic) bond motifs is 2. The molecule has 0 bridgehead atoms. The van der Waals surface area contributed by atoms with Crippen LogP contribution in [-0.4, -0.2) is 31.5 Å². The lowest BCUT2D eigenvalue weighted by Crippen LogP contribution is -2.13. The normalized spacial score (nSPS) is 11.4. The molecule has 3 aromatic heterocycles. The van der Waals surface area contributed by atoms with Gasteiger partial charge in [0.25, 0.3) is 21.5 Å². The number of carbonyl (C=O) groups is 1. The van der Waals surface area contributed by atoms with Crippen LogP contribution in [0.5, 0.6) is 0 Å². The Hall–Kier alpha value is -2.54. The summed E-state index contributed by atoms with van der Waals surface area (Å²) < 4.78 is 30.7. The van der Waals surface area contributed by atoms with Crippen LogP contribution in [0.3, 0.4) is 0 Å². The van der Waals surface area contributed by atoms with E-state index in [1.54, 1.807) is 23.0 Å². The SMILES string of the molecule is CCc1c(F)c(SCC(N)=O)c2[nH]ncc2c1-c1ccn2nc(NI=O)cc2c1. The molecular formula is C18H16FIN6O2S. The van der Waals surface area contributed by atoms with Gasteiger partial charge < -0.3 is 5.73 Å². The predicted octanol–water partition coefficient (Wildman–Crippen LogP) is 3.80. The molecule has 11 heteroatoms. The fourth-order valence-electron chi connectivity index (χ4n) is 3.34. The average Bonchev–Trinajstić information content (AvgIpc) is 3.32. The second kappa shape index (κ2) is 8.06. The molecule has 0 atom stereocenters. The van der Waals surface area contributed by atoms with Gasteiger partial charge in [0.1, 0.15) is 5.82 Å². The zero-order valence-electron chi connectivity index (χ0n) is 15.2. The van der Waals surface area contributed by atoms with E-state index in [1.807, 2.05) is 19.1 Å². The van der Waals surface area contributed by atoms with Crippen molar-refractivity contribution in [2.45, 2.75) is 18.2 Å². The number of benzene rings is 1. The third-order valence-corrected chi connectivity index (χ3v) is 6.38. The first-order chi connectivity index (χ1) is 14.0. The molecule has 0 fully saturated rings. The van der Waals surface area contributed by atoms with Crippen molar-refractivity contribution >= 4 is 61.4 Å². The third-order valence-electron chi connectivity index (χ3n) is 4.50. The van der Waals surface area contributed by atoms with E-state index in [4.69, 9.17) is 5.73 Å². The number of nitrogens with zero attached hydrogens (tertiary/aromatic N) is 3. The molecule has 0 saturated heterocycles. The molecule has 4 aromatic rings. The molecule has 0 aliphatic carbocycles. The Bertz CT molecular complexity index is 1250. The second-order valence-corrected chi connectivity index (χ2v) is 8.22. The molecule has 150 valence electrons. The molecule has 0 saturated carbocycles. The smallest absolute Gasteiger partial charge is 0.271 e. The Morgan fingerprint density at radius 3 is 3.00 bits per heavy atom. The minimum absolute atomic E-state index is 0.0204. The summed E-state index contributed by atoms with van der Waals surface area (Å²) >= 11 is -0.313. The first kappa shape index (κ1) is 19.8. The monoisotopic (exact) mass is 526 g/mol. The molecule has 29 heavy (non-hydrogen) atoms. The van der Waals surface area contributed by atoms with E-state index in [2.05, 4.69) is 18.8 Å². The summed E-state index contributed by atoms with van der Waals surface area (Å²) in [4.78, 5) is 11.5. The lowest BCUT2D eigenvalue weighted by molar-refractivity contribution is -0.115. The topological polar surface area (TPSA) is 118 Å². The number of nitrogens with one attached hydrogen (secondary N) is 2. The number of thioether (sulfide) groups is 1. The predicted molar refractivity (Wildman–Crippen MR) is 118 cm³/mol. The molecule has 0 spiro atoms. The number of aromatic nitrogens is 4. The van der Waals surface area contributed by atoms with Crippen LogP contribution < -0.4 is 9.26 Å². The van der Waals surface area contributed by atoms with Crippen LogP contribution in [0.1, 0.15) is 12.5 Å². The summed E-state index contributed by atoms with van der Waals surface area (Å²) in [5.74, 6) is -0.385. The molecule has 0 radical (unpaired) electrons. The molecule has 4 rings (SSSR count). The maximum atomic E-state index is 15.4. The van der Waals surface area contributed by atoms with E-state index in [0.29, 0.717) is 28.2 Å². The van der Waals surface area contributed by atoms with Crippen LogP contribution in [0.2, 0.25) is 0 Å². The van der Waals surface area contributed by atoms with Crippen LogP contribution in [-0.2, 0) is 14.3 Å². The molecule has 0 aliphatic heterocycles. The number of aromatic amines is 1. The zero-order valence-corrected chi connectivity index (χ0v) is 18.2. The summed E-state index contributed by atoms with van der Waals surface area (Å²) in [7, 11) is 0. The Morgan fingerprint density at radius 2 is 2.28 bits per heavy atom. The van der Waals surface area contributed by atoms with E-state index in [1.165, 1.54) is 0 Å². The number of halogens is 2. The number of pyridine rings is 1. The minimum atomic E-state index is -1.38. The van der Waals surface area contributed by atoms with Crippen molar-refractivity contribution in [1.82, 2.24) is 19.8 Å². The Labute approximate surface area is 179 Å². The molecular weight excluding hydrogens is 510 g/mol. The first-order valence-electron chi connectivity index (χ1n) is 8.63. The molecule has 8 nitrogen and oxygen atoms in total. The summed E-state index contributed by atoms with van der Waals surface area (Å²) in [6.07, 6.45) is 3.90. The number of rotatable bonds is 7. The summed E-state index contributed by atoms with van der Waals surface area (Å²) in [5, 5.41) is 12.0. The van der Waals surface area contributed by atoms with Gasteiger partial charge in [0.15, 0.2) is 5.82 Å². The van der Waals surface area contributed by atoms with E-state index < -0.39 is 27.4 Å². The zero-order chi connectivity index (χ0) is 20.5. The number of amides is 1. The summed E-state index contributed by atoms with van der Waals surface area (Å²) in [6, 6.07) is 5.54. The number of hydrogen-bond donors (Lipinski definition) is 3. The Morgan fingerprint density at radius 1 is 1.45 bits per heavy atom. The van der Waals surface area contributed by atoms with Crippen molar-refractivity contribution < 1.29 is 12.3 Å². The quantitative estimate of drug-likeness (QED) is 0.192. The van der Waals surface area contributed by atoms with E-state index in [0.717, 1.165) is 33.8 Å². The summed E-state index contributed by atoms with van der Waals surface area (Å²) in [5.41, 5.74) is 8.66. The number of carbonyl (C=O) groups excluding carboxylic acids is 1. The molecule has 0 aliphatic rings. The van der Waals surface area contributed by atoms with Crippen LogP contribution >= 0.6 is 33.2 Å². The van der Waals surface area contributed by atoms with Crippen molar-refractivity contribution in [2.75, 3.05) is 9.28 Å². The van der Waals surface area contributed by atoms with Crippen molar-refractivity contribution in [2.24, 2.45) is 5.73 Å². The Balaban J connectivity index is 1.92. The highest BCUT2D eigenvalue weighted by Crippen LogP contribution is 2.40. The van der Waals surface area contributed by atoms with Crippen LogP contribution in [0.4, 0.5) is 10.2 Å². The largest absolute Gasteiger partial charge is 0.369 e. The standard InChI is InChI=1S/C18H16FIN6O2S/c1-2-11-15(9-3-4-26-10(5-9)6-14(25-26)23-20-28)12-7-22-24-17(12)18(16(11)19)29-8-13(21)27/h3-7H,2,8H2,1H3,(H2,21,27)(H,22,24)(H,23,25,28). The van der Waals surface area contributed by atoms with Gasteiger partial charge in [0, 0.05) is 17.6 Å². The van der Waals surface area contributed by atoms with Gasteiger partial charge in [0.05, 0.1) is 27.9 Å². The van der Waals surface area contributed by atoms with Gasteiger partial charge in [-0.15, -0.1) is 16.9 Å². The number of H-pyrrole nitrogens is 1. The van der Waals surface area contributed by atoms with Crippen molar-refractivity contribution in [1.29, 1.82) is 0 Å². The highest BCUT2D eigenvalue weighted by Gasteiger charge is 2.22. The van der Waals surface area contributed by atoms with Gasteiger partial charge in [-0.25, -0.2) is 12.0 Å². The second-order valence-electron chi connectivity index (χ2n) is 6.25. The number of primary amides is 1. The molecule has 0 unspecified atom stereocenters. The minimum Gasteiger partial charge on any atom is -0.369 e. The van der Waals surface area contributed by atoms with Crippen LogP contribution in [0, 0.1) is 5.82 Å². The number of hydrogen-bond acceptors (Lipinski definition) is 5. The maximum absolute atomic E-state index is 15.4. The number of anilines is 1. The Kier molecular flexibility index (Phi) is 5.50. The lowest BCUT2D eigenvalue weighted by Gasteiger charge is -2.15. The van der Waals surface area contributed by atoms with Gasteiger partial charge in [-0.3, -0.25) is 13.4 Å². The van der Waals surface area contributed by atoms with Gasteiger partial charge in [-0.1, -0.05) is 6.92 Å². The first-order valence-corrected chi connectivity index (χ1v) is 11.6. The highest BCUT2D eigenvalue weighted by molar-refractivity contribution is 14.1. The fourth-order valence-corrected chi connectivity index (χ4v) is 4.67. The lowest BCUT2D eigenvalue weighted by atomic mass is 9.94. The maximum Gasteiger partial charge on any atom is 0.271 e. The molecule has 1 amide bonds. The van der Waals surface area contributed by atoms with Crippen molar-refractivity contribution in [3.63, 3.8) is 0 Å². The highest BCUT2D eigenvalue weighted by atomic mass is 127.